The van der Waals surface area contributed by atoms with E-state index in [-0.39, 0.29) is 17.9 Å². The van der Waals surface area contributed by atoms with Gasteiger partial charge in [0, 0.05) is 19.7 Å². The van der Waals surface area contributed by atoms with Crippen LogP contribution in [0.1, 0.15) is 35.9 Å². The minimum atomic E-state index is -0.189. The molecule has 1 atom stereocenters. The number of carbonyl (C=O) groups excluding carboxylic acids is 1. The molecule has 2 aliphatic rings. The molecule has 7 nitrogen and oxygen atoms in total. The third kappa shape index (κ3) is 3.71. The SMILES string of the molecule is O=C(Nc1nnc(C2CCCO2)s1)N1CCC=C(c2cccc(O)c2)C1. The average Bonchev–Trinajstić information content (AvgIpc) is 3.33. The third-order valence-corrected chi connectivity index (χ3v) is 5.45. The maximum absolute atomic E-state index is 12.6. The van der Waals surface area contributed by atoms with Gasteiger partial charge in [-0.05, 0) is 42.5 Å². The highest BCUT2D eigenvalue weighted by Gasteiger charge is 2.24. The lowest BCUT2D eigenvalue weighted by Gasteiger charge is -2.27. The first-order valence-electron chi connectivity index (χ1n) is 8.68. The smallest absolute Gasteiger partial charge is 0.324 e. The van der Waals surface area contributed by atoms with Crippen molar-refractivity contribution < 1.29 is 14.6 Å². The van der Waals surface area contributed by atoms with Crippen molar-refractivity contribution in [3.63, 3.8) is 0 Å². The number of nitrogens with one attached hydrogen (secondary N) is 1. The predicted molar refractivity (Wildman–Crippen MR) is 99.1 cm³/mol. The Morgan fingerprint density at radius 1 is 1.38 bits per heavy atom. The van der Waals surface area contributed by atoms with E-state index in [2.05, 4.69) is 21.6 Å². The number of anilines is 1. The third-order valence-electron chi connectivity index (χ3n) is 4.51. The van der Waals surface area contributed by atoms with Gasteiger partial charge in [-0.1, -0.05) is 29.5 Å². The van der Waals surface area contributed by atoms with Gasteiger partial charge in [-0.2, -0.15) is 0 Å². The predicted octanol–water partition coefficient (Wildman–Crippen LogP) is 3.42. The molecule has 1 aromatic heterocycles. The summed E-state index contributed by atoms with van der Waals surface area (Å²) in [5.41, 5.74) is 1.96. The molecule has 2 aliphatic heterocycles. The molecular formula is C18H20N4O3S. The maximum Gasteiger partial charge on any atom is 0.324 e. The summed E-state index contributed by atoms with van der Waals surface area (Å²) in [7, 11) is 0. The Morgan fingerprint density at radius 2 is 2.31 bits per heavy atom. The monoisotopic (exact) mass is 372 g/mol. The van der Waals surface area contributed by atoms with Gasteiger partial charge >= 0.3 is 6.03 Å². The summed E-state index contributed by atoms with van der Waals surface area (Å²) in [6.07, 6.45) is 4.87. The molecule has 0 bridgehead atoms. The van der Waals surface area contributed by atoms with Gasteiger partial charge in [-0.25, -0.2) is 4.79 Å². The minimum absolute atomic E-state index is 0.00781. The summed E-state index contributed by atoms with van der Waals surface area (Å²) in [5, 5.41) is 22.0. The van der Waals surface area contributed by atoms with E-state index in [1.165, 1.54) is 11.3 Å². The van der Waals surface area contributed by atoms with Crippen LogP contribution in [0.2, 0.25) is 0 Å². The second-order valence-corrected chi connectivity index (χ2v) is 7.38. The lowest BCUT2D eigenvalue weighted by Crippen LogP contribution is -2.38. The van der Waals surface area contributed by atoms with Crippen molar-refractivity contribution in [3.05, 3.63) is 40.9 Å². The van der Waals surface area contributed by atoms with Gasteiger partial charge in [0.05, 0.1) is 0 Å². The standard InChI is InChI=1S/C18H20N4O3S/c23-14-6-1-4-12(10-14)13-5-2-8-22(11-13)18(24)19-17-21-20-16(26-17)15-7-3-9-25-15/h1,4-6,10,15,23H,2-3,7-9,11H2,(H,19,21,24). The van der Waals surface area contributed by atoms with E-state index in [9.17, 15) is 9.90 Å². The topological polar surface area (TPSA) is 87.6 Å². The quantitative estimate of drug-likeness (QED) is 0.862. The molecule has 0 spiro atoms. The van der Waals surface area contributed by atoms with E-state index < -0.39 is 0 Å². The molecule has 4 rings (SSSR count). The second-order valence-electron chi connectivity index (χ2n) is 6.37. The number of nitrogens with zero attached hydrogens (tertiary/aromatic N) is 3. The van der Waals surface area contributed by atoms with Crippen LogP contribution in [0.15, 0.2) is 30.3 Å². The zero-order valence-corrected chi connectivity index (χ0v) is 15.0. The molecule has 3 heterocycles. The average molecular weight is 372 g/mol. The molecule has 136 valence electrons. The number of aromatic hydroxyl groups is 1. The zero-order chi connectivity index (χ0) is 17.9. The lowest BCUT2D eigenvalue weighted by atomic mass is 10.0. The Morgan fingerprint density at radius 3 is 3.12 bits per heavy atom. The van der Waals surface area contributed by atoms with Crippen LogP contribution in [0, 0.1) is 0 Å². The number of phenols is 1. The second kappa shape index (κ2) is 7.43. The van der Waals surface area contributed by atoms with E-state index in [1.807, 2.05) is 6.07 Å². The van der Waals surface area contributed by atoms with Crippen molar-refractivity contribution in [2.75, 3.05) is 25.0 Å². The molecule has 1 saturated heterocycles. The maximum atomic E-state index is 12.6. The number of hydrogen-bond acceptors (Lipinski definition) is 6. The summed E-state index contributed by atoms with van der Waals surface area (Å²) in [5.74, 6) is 0.223. The fourth-order valence-corrected chi connectivity index (χ4v) is 4.01. The molecule has 1 unspecified atom stereocenters. The highest BCUT2D eigenvalue weighted by Crippen LogP contribution is 2.32. The number of ether oxygens (including phenoxy) is 1. The van der Waals surface area contributed by atoms with Crippen LogP contribution in [0.5, 0.6) is 5.75 Å². The summed E-state index contributed by atoms with van der Waals surface area (Å²) in [6.45, 7) is 1.89. The summed E-state index contributed by atoms with van der Waals surface area (Å²) in [4.78, 5) is 14.3. The number of urea groups is 1. The van der Waals surface area contributed by atoms with Crippen LogP contribution in [0.25, 0.3) is 5.57 Å². The lowest BCUT2D eigenvalue weighted by molar-refractivity contribution is 0.111. The number of hydrogen-bond donors (Lipinski definition) is 2. The van der Waals surface area contributed by atoms with Gasteiger partial charge in [0.25, 0.3) is 0 Å². The van der Waals surface area contributed by atoms with Crippen molar-refractivity contribution in [1.29, 1.82) is 0 Å². The number of phenolic OH excluding ortho intramolecular Hbond substituents is 1. The highest BCUT2D eigenvalue weighted by atomic mass is 32.1. The van der Waals surface area contributed by atoms with Crippen molar-refractivity contribution in [3.8, 4) is 5.75 Å². The van der Waals surface area contributed by atoms with Crippen LogP contribution in [0.4, 0.5) is 9.93 Å². The van der Waals surface area contributed by atoms with Crippen molar-refractivity contribution >= 4 is 28.1 Å². The van der Waals surface area contributed by atoms with Crippen LogP contribution in [-0.4, -0.2) is 45.9 Å². The molecule has 2 N–H and O–H groups in total. The van der Waals surface area contributed by atoms with E-state index >= 15 is 0 Å². The fraction of sp³-hybridized carbons (Fsp3) is 0.389. The number of carbonyl (C=O) groups is 1. The number of aromatic nitrogens is 2. The highest BCUT2D eigenvalue weighted by molar-refractivity contribution is 7.15. The van der Waals surface area contributed by atoms with Crippen molar-refractivity contribution in [2.45, 2.75) is 25.4 Å². The van der Waals surface area contributed by atoms with Crippen LogP contribution < -0.4 is 5.32 Å². The Kier molecular flexibility index (Phi) is 4.85. The molecule has 8 heteroatoms. The molecule has 26 heavy (non-hydrogen) atoms. The Hall–Kier alpha value is -2.45. The summed E-state index contributed by atoms with van der Waals surface area (Å²) < 4.78 is 5.60. The van der Waals surface area contributed by atoms with Crippen LogP contribution in [-0.2, 0) is 4.74 Å². The van der Waals surface area contributed by atoms with Gasteiger partial charge < -0.3 is 14.7 Å². The first kappa shape index (κ1) is 17.0. The Bertz CT molecular complexity index is 829. The zero-order valence-electron chi connectivity index (χ0n) is 14.2. The van der Waals surface area contributed by atoms with Crippen LogP contribution in [0.3, 0.4) is 0 Å². The van der Waals surface area contributed by atoms with E-state index in [1.54, 1.807) is 23.1 Å². The van der Waals surface area contributed by atoms with Gasteiger partial charge in [-0.3, -0.25) is 5.32 Å². The van der Waals surface area contributed by atoms with Gasteiger partial charge in [-0.15, -0.1) is 10.2 Å². The van der Waals surface area contributed by atoms with Gasteiger partial charge in [0.2, 0.25) is 5.13 Å². The Labute approximate surface area is 155 Å². The Balaban J connectivity index is 1.40. The molecule has 0 radical (unpaired) electrons. The molecule has 0 aliphatic carbocycles. The molecule has 0 saturated carbocycles. The number of amides is 2. The molecule has 2 amide bonds. The van der Waals surface area contributed by atoms with E-state index in [0.29, 0.717) is 18.2 Å². The first-order valence-corrected chi connectivity index (χ1v) is 9.50. The summed E-state index contributed by atoms with van der Waals surface area (Å²) in [6, 6.07) is 6.90. The molecule has 1 aromatic carbocycles. The fourth-order valence-electron chi connectivity index (χ4n) is 3.19. The van der Waals surface area contributed by atoms with E-state index in [0.717, 1.165) is 42.0 Å². The van der Waals surface area contributed by atoms with Crippen LogP contribution >= 0.6 is 11.3 Å². The molecule has 1 fully saturated rings. The number of benzene rings is 1. The van der Waals surface area contributed by atoms with Gasteiger partial charge in [0.1, 0.15) is 16.9 Å². The first-order chi connectivity index (χ1) is 12.7. The number of rotatable bonds is 3. The van der Waals surface area contributed by atoms with E-state index in [4.69, 9.17) is 4.74 Å². The molecular weight excluding hydrogens is 352 g/mol. The van der Waals surface area contributed by atoms with Crippen molar-refractivity contribution in [2.24, 2.45) is 0 Å². The van der Waals surface area contributed by atoms with Gasteiger partial charge in [0.15, 0.2) is 0 Å². The normalized spacial score (nSPS) is 20.1. The minimum Gasteiger partial charge on any atom is -0.508 e. The largest absolute Gasteiger partial charge is 0.508 e. The van der Waals surface area contributed by atoms with Crippen molar-refractivity contribution in [1.82, 2.24) is 15.1 Å². The molecule has 2 aromatic rings. The summed E-state index contributed by atoms with van der Waals surface area (Å²) >= 11 is 1.37.